The summed E-state index contributed by atoms with van der Waals surface area (Å²) in [5, 5.41) is 0. The Morgan fingerprint density at radius 3 is 2.62 bits per heavy atom. The Labute approximate surface area is 173 Å². The van der Waals surface area contributed by atoms with Gasteiger partial charge in [0.05, 0.1) is 12.7 Å². The first kappa shape index (κ1) is 23.3. The van der Waals surface area contributed by atoms with E-state index in [-0.39, 0.29) is 18.6 Å². The molecule has 2 unspecified atom stereocenters. The fourth-order valence-corrected chi connectivity index (χ4v) is 3.86. The lowest BCUT2D eigenvalue weighted by atomic mass is 10.0. The number of hydrogen-bond acceptors (Lipinski definition) is 3. The number of nitrogens with zero attached hydrogens (tertiary/aromatic N) is 2. The third-order valence-electron chi connectivity index (χ3n) is 5.52. The van der Waals surface area contributed by atoms with Crippen molar-refractivity contribution < 1.29 is 18.3 Å². The number of amides is 1. The summed E-state index contributed by atoms with van der Waals surface area (Å²) in [6, 6.07) is 4.14. The summed E-state index contributed by atoms with van der Waals surface area (Å²) in [6.07, 6.45) is 5.10. The molecule has 2 heterocycles. The normalized spacial score (nSPS) is 23.9. The molecule has 2 aliphatic heterocycles. The highest BCUT2D eigenvalue weighted by molar-refractivity contribution is 5.75. The summed E-state index contributed by atoms with van der Waals surface area (Å²) >= 11 is 0. The Balaban J connectivity index is 0.00000145. The second-order valence-electron chi connectivity index (χ2n) is 7.74. The van der Waals surface area contributed by atoms with Crippen molar-refractivity contribution in [1.29, 1.82) is 0 Å². The standard InChI is InChI=1S/C21H28F2N2O2.C2H6/c1-14-4-6-18-12-25(16(3)26)21(24(18)9-8-14)10-15(2)27-13-17-5-7-19(22)20(23)11-17;1-2/h5,7,10-11,14-15,18H,4,6,8-9,12-13H2,1-3H3;1-2H3/b21-10-;/t14-,15?,18?;/m1./s1. The van der Waals surface area contributed by atoms with Crippen LogP contribution in [0.1, 0.15) is 59.4 Å². The summed E-state index contributed by atoms with van der Waals surface area (Å²) in [5.41, 5.74) is 0.579. The van der Waals surface area contributed by atoms with E-state index in [1.54, 1.807) is 6.92 Å². The Kier molecular flexibility index (Phi) is 8.62. The van der Waals surface area contributed by atoms with E-state index in [4.69, 9.17) is 4.74 Å². The van der Waals surface area contributed by atoms with Gasteiger partial charge in [-0.25, -0.2) is 8.78 Å². The van der Waals surface area contributed by atoms with Crippen molar-refractivity contribution in [1.82, 2.24) is 9.80 Å². The molecule has 0 spiro atoms. The first-order valence-corrected chi connectivity index (χ1v) is 10.7. The van der Waals surface area contributed by atoms with Gasteiger partial charge in [-0.05, 0) is 55.9 Å². The van der Waals surface area contributed by atoms with Crippen molar-refractivity contribution in [2.45, 2.75) is 72.6 Å². The predicted molar refractivity (Wildman–Crippen MR) is 111 cm³/mol. The van der Waals surface area contributed by atoms with Crippen LogP contribution in [-0.2, 0) is 16.1 Å². The van der Waals surface area contributed by atoms with Crippen molar-refractivity contribution in [3.63, 3.8) is 0 Å². The van der Waals surface area contributed by atoms with Gasteiger partial charge in [0.15, 0.2) is 11.6 Å². The van der Waals surface area contributed by atoms with Gasteiger partial charge in [0.25, 0.3) is 0 Å². The van der Waals surface area contributed by atoms with Gasteiger partial charge in [-0.3, -0.25) is 9.69 Å². The molecule has 1 aromatic rings. The van der Waals surface area contributed by atoms with E-state index in [0.29, 0.717) is 17.5 Å². The highest BCUT2D eigenvalue weighted by atomic mass is 19.2. The maximum absolute atomic E-state index is 13.3. The number of carbonyl (C=O) groups excluding carboxylic acids is 1. The molecule has 0 aliphatic carbocycles. The van der Waals surface area contributed by atoms with Crippen LogP contribution in [-0.4, -0.2) is 40.9 Å². The number of hydrogen-bond donors (Lipinski definition) is 0. The SMILES string of the molecule is CC.CC(=O)N1CC2CC[C@@H](C)CCN2/C1=C/C(C)OCc1ccc(F)c(F)c1. The molecule has 3 rings (SSSR count). The van der Waals surface area contributed by atoms with Crippen LogP contribution in [0.5, 0.6) is 0 Å². The van der Waals surface area contributed by atoms with E-state index in [1.807, 2.05) is 31.7 Å². The number of carbonyl (C=O) groups is 1. The zero-order valence-corrected chi connectivity index (χ0v) is 18.3. The minimum absolute atomic E-state index is 0.0372. The van der Waals surface area contributed by atoms with E-state index < -0.39 is 11.6 Å². The van der Waals surface area contributed by atoms with E-state index in [9.17, 15) is 13.6 Å². The topological polar surface area (TPSA) is 32.8 Å². The summed E-state index contributed by atoms with van der Waals surface area (Å²) in [5.74, 6) is -0.0835. The van der Waals surface area contributed by atoms with Crippen molar-refractivity contribution in [3.8, 4) is 0 Å². The molecule has 6 heteroatoms. The average molecular weight is 409 g/mol. The van der Waals surface area contributed by atoms with Gasteiger partial charge in [0.2, 0.25) is 5.91 Å². The first-order chi connectivity index (χ1) is 13.8. The molecule has 1 aromatic carbocycles. The Bertz CT molecular complexity index is 723. The number of halogens is 2. The number of fused-ring (bicyclic) bond motifs is 1. The van der Waals surface area contributed by atoms with Crippen LogP contribution >= 0.6 is 0 Å². The van der Waals surface area contributed by atoms with Crippen molar-refractivity contribution in [3.05, 3.63) is 47.3 Å². The molecule has 0 N–H and O–H groups in total. The third-order valence-corrected chi connectivity index (χ3v) is 5.52. The summed E-state index contributed by atoms with van der Waals surface area (Å²) in [7, 11) is 0. The molecule has 2 aliphatic rings. The number of benzene rings is 1. The largest absolute Gasteiger partial charge is 0.370 e. The van der Waals surface area contributed by atoms with E-state index >= 15 is 0 Å². The van der Waals surface area contributed by atoms with Gasteiger partial charge in [0.1, 0.15) is 5.82 Å². The summed E-state index contributed by atoms with van der Waals surface area (Å²) in [6.45, 7) is 11.6. The molecule has 162 valence electrons. The molecule has 29 heavy (non-hydrogen) atoms. The highest BCUT2D eigenvalue weighted by Crippen LogP contribution is 2.32. The van der Waals surface area contributed by atoms with E-state index in [1.165, 1.54) is 12.5 Å². The van der Waals surface area contributed by atoms with Gasteiger partial charge in [-0.15, -0.1) is 0 Å². The Morgan fingerprint density at radius 2 is 1.97 bits per heavy atom. The van der Waals surface area contributed by atoms with Crippen LogP contribution in [0.25, 0.3) is 0 Å². The molecule has 3 atom stereocenters. The molecule has 2 fully saturated rings. The molecule has 1 amide bonds. The van der Waals surface area contributed by atoms with Crippen LogP contribution < -0.4 is 0 Å². The minimum Gasteiger partial charge on any atom is -0.370 e. The van der Waals surface area contributed by atoms with Crippen molar-refractivity contribution in [2.24, 2.45) is 5.92 Å². The Hall–Kier alpha value is -1.95. The Morgan fingerprint density at radius 1 is 1.24 bits per heavy atom. The van der Waals surface area contributed by atoms with Crippen molar-refractivity contribution in [2.75, 3.05) is 13.1 Å². The lowest BCUT2D eigenvalue weighted by Gasteiger charge is -2.26. The van der Waals surface area contributed by atoms with Crippen LogP contribution in [0.4, 0.5) is 8.78 Å². The van der Waals surface area contributed by atoms with Gasteiger partial charge in [-0.2, -0.15) is 0 Å². The molecule has 4 nitrogen and oxygen atoms in total. The fraction of sp³-hybridized carbons (Fsp3) is 0.609. The molecular weight excluding hydrogens is 374 g/mol. The summed E-state index contributed by atoms with van der Waals surface area (Å²) < 4.78 is 32.2. The maximum atomic E-state index is 13.3. The second-order valence-corrected chi connectivity index (χ2v) is 7.74. The molecule has 0 saturated carbocycles. The first-order valence-electron chi connectivity index (χ1n) is 10.7. The predicted octanol–water partition coefficient (Wildman–Crippen LogP) is 5.09. The quantitative estimate of drug-likeness (QED) is 0.696. The number of rotatable bonds is 4. The molecule has 0 radical (unpaired) electrons. The number of ether oxygens (including phenoxy) is 1. The maximum Gasteiger partial charge on any atom is 0.225 e. The fourth-order valence-electron chi connectivity index (χ4n) is 3.86. The second kappa shape index (κ2) is 10.7. The molecule has 0 aromatic heterocycles. The lowest BCUT2D eigenvalue weighted by molar-refractivity contribution is -0.126. The van der Waals surface area contributed by atoms with E-state index in [0.717, 1.165) is 43.9 Å². The monoisotopic (exact) mass is 408 g/mol. The minimum atomic E-state index is -0.873. The van der Waals surface area contributed by atoms with Crippen LogP contribution in [0.15, 0.2) is 30.1 Å². The molecule has 0 bridgehead atoms. The van der Waals surface area contributed by atoms with Crippen LogP contribution in [0, 0.1) is 17.6 Å². The van der Waals surface area contributed by atoms with Gasteiger partial charge in [0, 0.05) is 26.1 Å². The molecular formula is C23H34F2N2O2. The van der Waals surface area contributed by atoms with Gasteiger partial charge >= 0.3 is 0 Å². The smallest absolute Gasteiger partial charge is 0.225 e. The van der Waals surface area contributed by atoms with Crippen LogP contribution in [0.2, 0.25) is 0 Å². The highest BCUT2D eigenvalue weighted by Gasteiger charge is 2.37. The van der Waals surface area contributed by atoms with E-state index in [2.05, 4.69) is 11.8 Å². The third kappa shape index (κ3) is 6.01. The zero-order chi connectivity index (χ0) is 21.6. The zero-order valence-electron chi connectivity index (χ0n) is 18.3. The summed E-state index contributed by atoms with van der Waals surface area (Å²) in [4.78, 5) is 16.3. The van der Waals surface area contributed by atoms with Crippen molar-refractivity contribution >= 4 is 5.91 Å². The van der Waals surface area contributed by atoms with Gasteiger partial charge in [-0.1, -0.05) is 26.8 Å². The lowest BCUT2D eigenvalue weighted by Crippen LogP contribution is -2.30. The average Bonchev–Trinajstić information content (AvgIpc) is 2.93. The van der Waals surface area contributed by atoms with Gasteiger partial charge < -0.3 is 9.64 Å². The molecule has 2 saturated heterocycles. The van der Waals surface area contributed by atoms with Crippen LogP contribution in [0.3, 0.4) is 0 Å².